The Labute approximate surface area is 125 Å². The third-order valence-electron chi connectivity index (χ3n) is 5.92. The molecule has 3 atom stereocenters. The molecule has 0 aromatic carbocycles. The van der Waals surface area contributed by atoms with Gasteiger partial charge in [0.15, 0.2) is 0 Å². The van der Waals surface area contributed by atoms with E-state index in [4.69, 9.17) is 6.42 Å². The van der Waals surface area contributed by atoms with Crippen molar-refractivity contribution in [2.75, 3.05) is 0 Å². The quantitative estimate of drug-likeness (QED) is 0.560. The molecule has 0 radical (unpaired) electrons. The Bertz CT molecular complexity index is 469. The fourth-order valence-electron chi connectivity index (χ4n) is 4.77. The van der Waals surface area contributed by atoms with Gasteiger partial charge in [-0.2, -0.15) is 0 Å². The first-order chi connectivity index (χ1) is 9.40. The summed E-state index contributed by atoms with van der Waals surface area (Å²) in [4.78, 5) is 0. The predicted molar refractivity (Wildman–Crippen MR) is 88.3 cm³/mol. The fraction of sp³-hybridized carbons (Fsp3) is 0.700. The van der Waals surface area contributed by atoms with Crippen molar-refractivity contribution in [3.63, 3.8) is 0 Å². The van der Waals surface area contributed by atoms with Gasteiger partial charge >= 0.3 is 0 Å². The maximum atomic E-state index is 5.58. The Hall–Kier alpha value is -0.960. The van der Waals surface area contributed by atoms with Gasteiger partial charge in [0.25, 0.3) is 0 Å². The van der Waals surface area contributed by atoms with Crippen LogP contribution in [0, 0.1) is 35.5 Å². The SMILES string of the molecule is C#C/C(C)=C/C1=C(C)CCC2C(C(C)C)CCCC12C. The zero-order valence-electron chi connectivity index (χ0n) is 13.9. The first kappa shape index (κ1) is 15.4. The molecule has 0 aromatic rings. The van der Waals surface area contributed by atoms with Gasteiger partial charge in [-0.1, -0.05) is 38.7 Å². The van der Waals surface area contributed by atoms with Crippen molar-refractivity contribution in [1.29, 1.82) is 0 Å². The lowest BCUT2D eigenvalue weighted by Gasteiger charge is -2.52. The van der Waals surface area contributed by atoms with E-state index in [1.165, 1.54) is 32.1 Å². The summed E-state index contributed by atoms with van der Waals surface area (Å²) in [5.74, 6) is 5.34. The largest absolute Gasteiger partial charge is 0.115 e. The van der Waals surface area contributed by atoms with E-state index in [1.54, 1.807) is 11.1 Å². The molecule has 20 heavy (non-hydrogen) atoms. The van der Waals surface area contributed by atoms with E-state index in [-0.39, 0.29) is 0 Å². The average Bonchev–Trinajstić information content (AvgIpc) is 2.41. The Kier molecular flexibility index (Phi) is 4.48. The van der Waals surface area contributed by atoms with E-state index >= 15 is 0 Å². The summed E-state index contributed by atoms with van der Waals surface area (Å²) in [5.41, 5.74) is 4.57. The molecule has 0 heteroatoms. The molecule has 0 N–H and O–H groups in total. The van der Waals surface area contributed by atoms with E-state index in [0.717, 1.165) is 23.3 Å². The summed E-state index contributed by atoms with van der Waals surface area (Å²) in [6.45, 7) is 11.7. The summed E-state index contributed by atoms with van der Waals surface area (Å²) in [7, 11) is 0. The number of allylic oxidation sites excluding steroid dienone is 4. The number of rotatable bonds is 2. The second kappa shape index (κ2) is 5.80. The van der Waals surface area contributed by atoms with Crippen LogP contribution >= 0.6 is 0 Å². The molecule has 0 heterocycles. The van der Waals surface area contributed by atoms with Crippen LogP contribution < -0.4 is 0 Å². The summed E-state index contributed by atoms with van der Waals surface area (Å²) < 4.78 is 0. The molecule has 3 unspecified atom stereocenters. The first-order valence-corrected chi connectivity index (χ1v) is 8.25. The van der Waals surface area contributed by atoms with E-state index in [9.17, 15) is 0 Å². The molecule has 110 valence electrons. The fourth-order valence-corrected chi connectivity index (χ4v) is 4.77. The molecule has 0 bridgehead atoms. The van der Waals surface area contributed by atoms with E-state index in [2.05, 4.69) is 46.6 Å². The lowest BCUT2D eigenvalue weighted by atomic mass is 9.53. The minimum absolute atomic E-state index is 0.355. The Balaban J connectivity index is 2.44. The minimum Gasteiger partial charge on any atom is -0.115 e. The second-order valence-corrected chi connectivity index (χ2v) is 7.53. The van der Waals surface area contributed by atoms with Crippen LogP contribution in [-0.2, 0) is 0 Å². The predicted octanol–water partition coefficient (Wildman–Crippen LogP) is 5.75. The van der Waals surface area contributed by atoms with Gasteiger partial charge < -0.3 is 0 Å². The van der Waals surface area contributed by atoms with E-state index in [0.29, 0.717) is 5.41 Å². The topological polar surface area (TPSA) is 0 Å². The highest BCUT2D eigenvalue weighted by Crippen LogP contribution is 2.56. The zero-order valence-corrected chi connectivity index (χ0v) is 13.9. The van der Waals surface area contributed by atoms with E-state index in [1.807, 2.05) is 0 Å². The van der Waals surface area contributed by atoms with Crippen LogP contribution in [0.4, 0.5) is 0 Å². The van der Waals surface area contributed by atoms with Gasteiger partial charge in [-0.05, 0) is 79.9 Å². The summed E-state index contributed by atoms with van der Waals surface area (Å²) >= 11 is 0. The number of hydrogen-bond acceptors (Lipinski definition) is 0. The molecule has 0 saturated heterocycles. The van der Waals surface area contributed by atoms with Gasteiger partial charge in [0.2, 0.25) is 0 Å². The van der Waals surface area contributed by atoms with Crippen LogP contribution in [0.15, 0.2) is 22.8 Å². The van der Waals surface area contributed by atoms with Crippen molar-refractivity contribution in [3.05, 3.63) is 22.8 Å². The van der Waals surface area contributed by atoms with Crippen molar-refractivity contribution < 1.29 is 0 Å². The normalized spacial score (nSPS) is 35.0. The van der Waals surface area contributed by atoms with Gasteiger partial charge in [0.1, 0.15) is 0 Å². The standard InChI is InChI=1S/C20H30/c1-7-15(4)13-19-16(5)10-11-18-17(14(2)3)9-8-12-20(18,19)6/h1,13-14,17-18H,8-12H2,2-6H3/b15-13+. The van der Waals surface area contributed by atoms with Crippen LogP contribution in [0.25, 0.3) is 0 Å². The Morgan fingerprint density at radius 2 is 2.10 bits per heavy atom. The van der Waals surface area contributed by atoms with Gasteiger partial charge in [0, 0.05) is 0 Å². The van der Waals surface area contributed by atoms with Crippen LogP contribution in [0.2, 0.25) is 0 Å². The molecule has 1 fully saturated rings. The zero-order chi connectivity index (χ0) is 14.9. The van der Waals surface area contributed by atoms with Crippen molar-refractivity contribution in [1.82, 2.24) is 0 Å². The van der Waals surface area contributed by atoms with Gasteiger partial charge in [-0.15, -0.1) is 6.42 Å². The third-order valence-corrected chi connectivity index (χ3v) is 5.92. The summed E-state index contributed by atoms with van der Waals surface area (Å²) in [6.07, 6.45) is 14.6. The third kappa shape index (κ3) is 2.60. The Morgan fingerprint density at radius 1 is 1.40 bits per heavy atom. The average molecular weight is 270 g/mol. The smallest absolute Gasteiger partial charge is 0.00105 e. The number of terminal acetylenes is 1. The molecule has 0 nitrogen and oxygen atoms in total. The molecule has 0 aliphatic heterocycles. The van der Waals surface area contributed by atoms with Crippen molar-refractivity contribution >= 4 is 0 Å². The molecule has 0 aromatic heterocycles. The highest BCUT2D eigenvalue weighted by atomic mass is 14.5. The van der Waals surface area contributed by atoms with Crippen LogP contribution in [0.3, 0.4) is 0 Å². The van der Waals surface area contributed by atoms with Crippen LogP contribution in [0.1, 0.15) is 66.7 Å². The maximum Gasteiger partial charge on any atom is -0.00105 e. The van der Waals surface area contributed by atoms with Crippen LogP contribution in [-0.4, -0.2) is 0 Å². The first-order valence-electron chi connectivity index (χ1n) is 8.25. The summed E-state index contributed by atoms with van der Waals surface area (Å²) in [6, 6.07) is 0. The van der Waals surface area contributed by atoms with Crippen LogP contribution in [0.5, 0.6) is 0 Å². The monoisotopic (exact) mass is 270 g/mol. The molecular formula is C20H30. The molecule has 2 rings (SSSR count). The number of fused-ring (bicyclic) bond motifs is 1. The van der Waals surface area contributed by atoms with Gasteiger partial charge in [0.05, 0.1) is 0 Å². The molecule has 1 saturated carbocycles. The molecule has 0 spiro atoms. The van der Waals surface area contributed by atoms with Crippen molar-refractivity contribution in [2.45, 2.75) is 66.7 Å². The lowest BCUT2D eigenvalue weighted by molar-refractivity contribution is 0.0488. The van der Waals surface area contributed by atoms with Crippen molar-refractivity contribution in [3.8, 4) is 12.3 Å². The van der Waals surface area contributed by atoms with Gasteiger partial charge in [-0.25, -0.2) is 0 Å². The maximum absolute atomic E-state index is 5.58. The summed E-state index contributed by atoms with van der Waals surface area (Å²) in [5, 5.41) is 0. The Morgan fingerprint density at radius 3 is 2.70 bits per heavy atom. The molecule has 0 amide bonds. The number of hydrogen-bond donors (Lipinski definition) is 0. The molecule has 2 aliphatic rings. The minimum atomic E-state index is 0.355. The lowest BCUT2D eigenvalue weighted by Crippen LogP contribution is -2.42. The molecule has 2 aliphatic carbocycles. The van der Waals surface area contributed by atoms with Crippen molar-refractivity contribution in [2.24, 2.45) is 23.2 Å². The highest BCUT2D eigenvalue weighted by molar-refractivity contribution is 5.41. The highest BCUT2D eigenvalue weighted by Gasteiger charge is 2.46. The molecular weight excluding hydrogens is 240 g/mol. The van der Waals surface area contributed by atoms with E-state index < -0.39 is 0 Å². The second-order valence-electron chi connectivity index (χ2n) is 7.53. The van der Waals surface area contributed by atoms with Gasteiger partial charge in [-0.3, -0.25) is 0 Å².